The van der Waals surface area contributed by atoms with Gasteiger partial charge in [0.25, 0.3) is 0 Å². The van der Waals surface area contributed by atoms with Crippen LogP contribution in [0.1, 0.15) is 11.1 Å². The van der Waals surface area contributed by atoms with Gasteiger partial charge in [-0.15, -0.1) is 0 Å². The van der Waals surface area contributed by atoms with Gasteiger partial charge in [-0.05, 0) is 6.07 Å². The van der Waals surface area contributed by atoms with Crippen LogP contribution in [0.15, 0.2) is 36.7 Å². The monoisotopic (exact) mass is 278 g/mol. The molecule has 0 bridgehead atoms. The van der Waals surface area contributed by atoms with Crippen LogP contribution in [0.3, 0.4) is 0 Å². The molecule has 6 nitrogen and oxygen atoms in total. The predicted octanol–water partition coefficient (Wildman–Crippen LogP) is 2.03. The molecule has 0 saturated heterocycles. The van der Waals surface area contributed by atoms with Crippen LogP contribution in [0, 0.1) is 11.3 Å². The lowest BCUT2D eigenvalue weighted by molar-refractivity contribution is 0.778. The number of nitrogens with one attached hydrogen (secondary N) is 1. The van der Waals surface area contributed by atoms with Gasteiger partial charge in [-0.3, -0.25) is 9.67 Å². The van der Waals surface area contributed by atoms with Gasteiger partial charge in [-0.25, -0.2) is 0 Å². The Morgan fingerprint density at radius 1 is 1.33 bits per heavy atom. The zero-order valence-corrected chi connectivity index (χ0v) is 11.5. The van der Waals surface area contributed by atoms with Crippen LogP contribution in [-0.2, 0) is 13.6 Å². The summed E-state index contributed by atoms with van der Waals surface area (Å²) in [4.78, 5) is 4.29. The Hall–Kier alpha value is -3.07. The summed E-state index contributed by atoms with van der Waals surface area (Å²) in [6, 6.07) is 9.87. The molecule has 6 heteroatoms. The number of nitrogen functional groups attached to an aromatic ring is 1. The van der Waals surface area contributed by atoms with E-state index in [1.165, 1.54) is 0 Å². The minimum atomic E-state index is 0.502. The molecule has 0 atom stereocenters. The third-order valence-electron chi connectivity index (χ3n) is 3.42. The largest absolute Gasteiger partial charge is 0.384 e. The second-order valence-corrected chi connectivity index (χ2v) is 4.71. The lowest BCUT2D eigenvalue weighted by Gasteiger charge is -2.11. The van der Waals surface area contributed by atoms with Gasteiger partial charge in [0.05, 0.1) is 23.0 Å². The summed E-state index contributed by atoms with van der Waals surface area (Å²) in [5.74, 6) is 0.611. The Morgan fingerprint density at radius 2 is 2.14 bits per heavy atom. The number of nitrogens with two attached hydrogens (primary N) is 1. The molecule has 0 saturated carbocycles. The molecular formula is C15H14N6. The second-order valence-electron chi connectivity index (χ2n) is 4.71. The van der Waals surface area contributed by atoms with E-state index in [1.54, 1.807) is 24.1 Å². The normalized spacial score (nSPS) is 10.5. The highest BCUT2D eigenvalue weighted by Crippen LogP contribution is 2.26. The zero-order valence-electron chi connectivity index (χ0n) is 11.5. The van der Waals surface area contributed by atoms with Gasteiger partial charge in [-0.1, -0.05) is 18.2 Å². The van der Waals surface area contributed by atoms with E-state index in [0.29, 0.717) is 17.9 Å². The minimum Gasteiger partial charge on any atom is -0.384 e. The highest BCUT2D eigenvalue weighted by Gasteiger charge is 2.10. The number of nitriles is 1. The maximum atomic E-state index is 9.26. The molecule has 21 heavy (non-hydrogen) atoms. The molecular weight excluding hydrogens is 264 g/mol. The van der Waals surface area contributed by atoms with Crippen LogP contribution >= 0.6 is 0 Å². The van der Waals surface area contributed by atoms with Crippen molar-refractivity contribution in [2.24, 2.45) is 7.05 Å². The van der Waals surface area contributed by atoms with Crippen LogP contribution in [0.5, 0.6) is 0 Å². The van der Waals surface area contributed by atoms with Crippen LogP contribution in [-0.4, -0.2) is 14.8 Å². The van der Waals surface area contributed by atoms with E-state index < -0.39 is 0 Å². The maximum Gasteiger partial charge on any atom is 0.126 e. The number of pyridine rings is 1. The predicted molar refractivity (Wildman–Crippen MR) is 81.4 cm³/mol. The first-order chi connectivity index (χ1) is 10.2. The number of anilines is 2. The van der Waals surface area contributed by atoms with Crippen molar-refractivity contribution in [2.45, 2.75) is 6.54 Å². The fourth-order valence-electron chi connectivity index (χ4n) is 2.23. The standard InChI is InChI=1S/C15H14N6/c1-21-15(17)11(9-20-21)8-19-14-10(6-16)7-18-13-5-3-2-4-12(13)14/h2-5,7,9H,8,17H2,1H3,(H,18,19). The van der Waals surface area contributed by atoms with E-state index >= 15 is 0 Å². The van der Waals surface area contributed by atoms with Crippen LogP contribution in [0.2, 0.25) is 0 Å². The molecule has 0 unspecified atom stereocenters. The molecule has 0 amide bonds. The van der Waals surface area contributed by atoms with E-state index in [0.717, 1.165) is 22.2 Å². The molecule has 2 heterocycles. The van der Waals surface area contributed by atoms with Crippen LogP contribution < -0.4 is 11.1 Å². The number of aromatic nitrogens is 3. The van der Waals surface area contributed by atoms with Crippen molar-refractivity contribution in [3.8, 4) is 6.07 Å². The molecule has 0 spiro atoms. The first-order valence-corrected chi connectivity index (χ1v) is 6.48. The fourth-order valence-corrected chi connectivity index (χ4v) is 2.23. The number of para-hydroxylation sites is 1. The lowest BCUT2D eigenvalue weighted by Crippen LogP contribution is -2.05. The Bertz CT molecular complexity index is 843. The Balaban J connectivity index is 1.99. The van der Waals surface area contributed by atoms with Crippen molar-refractivity contribution < 1.29 is 0 Å². The first kappa shape index (κ1) is 12.9. The van der Waals surface area contributed by atoms with Gasteiger partial charge >= 0.3 is 0 Å². The summed E-state index contributed by atoms with van der Waals surface area (Å²) in [7, 11) is 1.79. The van der Waals surface area contributed by atoms with E-state index in [-0.39, 0.29) is 0 Å². The zero-order chi connectivity index (χ0) is 14.8. The number of rotatable bonds is 3. The quantitative estimate of drug-likeness (QED) is 0.764. The summed E-state index contributed by atoms with van der Waals surface area (Å²) in [5, 5.41) is 17.6. The van der Waals surface area contributed by atoms with E-state index in [1.807, 2.05) is 24.3 Å². The Morgan fingerprint density at radius 3 is 2.86 bits per heavy atom. The number of benzene rings is 1. The number of hydrogen-bond donors (Lipinski definition) is 2. The lowest BCUT2D eigenvalue weighted by atomic mass is 10.1. The molecule has 1 aromatic carbocycles. The highest BCUT2D eigenvalue weighted by molar-refractivity contribution is 5.93. The molecule has 0 fully saturated rings. The van der Waals surface area contributed by atoms with E-state index in [9.17, 15) is 5.26 Å². The molecule has 0 aliphatic rings. The average Bonchev–Trinajstić information content (AvgIpc) is 2.84. The topological polar surface area (TPSA) is 92.5 Å². The van der Waals surface area contributed by atoms with Gasteiger partial charge in [0, 0.05) is 30.7 Å². The molecule has 104 valence electrons. The molecule has 2 aromatic heterocycles. The third kappa shape index (κ3) is 2.25. The van der Waals surface area contributed by atoms with E-state index in [4.69, 9.17) is 5.73 Å². The first-order valence-electron chi connectivity index (χ1n) is 6.48. The SMILES string of the molecule is Cn1ncc(CNc2c(C#N)cnc3ccccc23)c1N. The molecule has 0 radical (unpaired) electrons. The Labute approximate surface area is 121 Å². The van der Waals surface area contributed by atoms with Crippen molar-refractivity contribution in [3.05, 3.63) is 47.8 Å². The molecule has 3 aromatic rings. The van der Waals surface area contributed by atoms with Crippen molar-refractivity contribution in [3.63, 3.8) is 0 Å². The van der Waals surface area contributed by atoms with Gasteiger partial charge in [0.15, 0.2) is 0 Å². The summed E-state index contributed by atoms with van der Waals surface area (Å²) in [6.45, 7) is 0.502. The number of fused-ring (bicyclic) bond motifs is 1. The van der Waals surface area contributed by atoms with Gasteiger partial charge in [-0.2, -0.15) is 10.4 Å². The van der Waals surface area contributed by atoms with Crippen molar-refractivity contribution in [1.82, 2.24) is 14.8 Å². The summed E-state index contributed by atoms with van der Waals surface area (Å²) >= 11 is 0. The molecule has 0 aliphatic carbocycles. The molecule has 3 N–H and O–H groups in total. The second kappa shape index (κ2) is 5.13. The average molecular weight is 278 g/mol. The van der Waals surface area contributed by atoms with Crippen LogP contribution in [0.4, 0.5) is 11.5 Å². The maximum absolute atomic E-state index is 9.26. The fraction of sp³-hybridized carbons (Fsp3) is 0.133. The third-order valence-corrected chi connectivity index (χ3v) is 3.42. The number of nitrogens with zero attached hydrogens (tertiary/aromatic N) is 4. The van der Waals surface area contributed by atoms with Gasteiger partial charge in [0.2, 0.25) is 0 Å². The number of hydrogen-bond acceptors (Lipinski definition) is 5. The summed E-state index contributed by atoms with van der Waals surface area (Å²) in [5.41, 5.74) is 8.95. The molecule has 3 rings (SSSR count). The molecule has 0 aliphatic heterocycles. The van der Waals surface area contributed by atoms with Gasteiger partial charge < -0.3 is 11.1 Å². The summed E-state index contributed by atoms with van der Waals surface area (Å²) in [6.07, 6.45) is 3.30. The number of aryl methyl sites for hydroxylation is 1. The van der Waals surface area contributed by atoms with Crippen molar-refractivity contribution in [1.29, 1.82) is 5.26 Å². The highest BCUT2D eigenvalue weighted by atomic mass is 15.3. The van der Waals surface area contributed by atoms with E-state index in [2.05, 4.69) is 21.5 Å². The smallest absolute Gasteiger partial charge is 0.126 e. The van der Waals surface area contributed by atoms with Gasteiger partial charge in [0.1, 0.15) is 11.9 Å². The van der Waals surface area contributed by atoms with Crippen molar-refractivity contribution >= 4 is 22.4 Å². The van der Waals surface area contributed by atoms with Crippen molar-refractivity contribution in [2.75, 3.05) is 11.1 Å². The van der Waals surface area contributed by atoms with Crippen LogP contribution in [0.25, 0.3) is 10.9 Å². The minimum absolute atomic E-state index is 0.502. The summed E-state index contributed by atoms with van der Waals surface area (Å²) < 4.78 is 1.62. The Kier molecular flexibility index (Phi) is 3.16.